The van der Waals surface area contributed by atoms with Gasteiger partial charge >= 0.3 is 0 Å². The molecule has 1 aliphatic heterocycles. The molecule has 32 heavy (non-hydrogen) atoms. The predicted octanol–water partition coefficient (Wildman–Crippen LogP) is 3.46. The van der Waals surface area contributed by atoms with Gasteiger partial charge < -0.3 is 26.0 Å². The summed E-state index contributed by atoms with van der Waals surface area (Å²) < 4.78 is 5.27. The van der Waals surface area contributed by atoms with Crippen molar-refractivity contribution >= 4 is 29.1 Å². The first-order valence-corrected chi connectivity index (χ1v) is 12.3. The number of hydrogen-bond donors (Lipinski definition) is 3. The van der Waals surface area contributed by atoms with Crippen LogP contribution in [0, 0.1) is 11.8 Å². The molecule has 178 valence electrons. The van der Waals surface area contributed by atoms with E-state index in [1.807, 2.05) is 0 Å². The average molecular weight is 465 g/mol. The lowest BCUT2D eigenvalue weighted by atomic mass is 9.89. The van der Waals surface area contributed by atoms with Crippen LogP contribution in [-0.2, 0) is 4.79 Å². The molecule has 1 atom stereocenters. The number of hydrogen-bond acceptors (Lipinski definition) is 5. The molecule has 8 heteroatoms. The van der Waals surface area contributed by atoms with Crippen molar-refractivity contribution in [2.24, 2.45) is 11.8 Å². The number of halogens is 1. The maximum atomic E-state index is 12.6. The van der Waals surface area contributed by atoms with E-state index in [9.17, 15) is 9.59 Å². The number of nitrogens with two attached hydrogens (primary N) is 1. The van der Waals surface area contributed by atoms with Gasteiger partial charge in [-0.05, 0) is 57.2 Å². The van der Waals surface area contributed by atoms with Crippen molar-refractivity contribution in [3.63, 3.8) is 0 Å². The highest BCUT2D eigenvalue weighted by atomic mass is 35.5. The Morgan fingerprint density at radius 2 is 1.94 bits per heavy atom. The highest BCUT2D eigenvalue weighted by Crippen LogP contribution is 2.29. The minimum atomic E-state index is -0.198. The maximum absolute atomic E-state index is 12.6. The van der Waals surface area contributed by atoms with Crippen LogP contribution >= 0.6 is 11.6 Å². The van der Waals surface area contributed by atoms with Crippen LogP contribution in [0.3, 0.4) is 0 Å². The van der Waals surface area contributed by atoms with Crippen LogP contribution in [0.15, 0.2) is 12.1 Å². The standard InChI is InChI=1S/C24H37ClN4O3/c1-32-22-14-21(26)20(25)13-19(22)24(31)28-15-17-9-12-29(16-17)11-6-5-10-27-23(30)18-7-3-2-4-8-18/h13-14,17-18H,2-12,15-16,26H2,1H3,(H,27,30)(H,28,31). The van der Waals surface area contributed by atoms with Crippen molar-refractivity contribution < 1.29 is 14.3 Å². The molecule has 0 radical (unpaired) electrons. The lowest BCUT2D eigenvalue weighted by Crippen LogP contribution is -2.33. The topological polar surface area (TPSA) is 96.7 Å². The Kier molecular flexibility index (Phi) is 9.48. The lowest BCUT2D eigenvalue weighted by Gasteiger charge is -2.21. The number of benzene rings is 1. The maximum Gasteiger partial charge on any atom is 0.255 e. The number of nitrogen functional groups attached to an aromatic ring is 1. The highest BCUT2D eigenvalue weighted by Gasteiger charge is 2.24. The number of likely N-dealkylation sites (tertiary alicyclic amines) is 1. The Hall–Kier alpha value is -1.99. The fourth-order valence-corrected chi connectivity index (χ4v) is 4.88. The molecule has 7 nitrogen and oxygen atoms in total. The summed E-state index contributed by atoms with van der Waals surface area (Å²) in [6.07, 6.45) is 8.91. The van der Waals surface area contributed by atoms with Gasteiger partial charge in [-0.2, -0.15) is 0 Å². The number of rotatable bonds is 10. The van der Waals surface area contributed by atoms with Crippen molar-refractivity contribution in [3.8, 4) is 5.75 Å². The monoisotopic (exact) mass is 464 g/mol. The number of carbonyl (C=O) groups is 2. The third kappa shape index (κ3) is 7.01. The first-order chi connectivity index (χ1) is 15.5. The summed E-state index contributed by atoms with van der Waals surface area (Å²) in [5.74, 6) is 1.15. The fraction of sp³-hybridized carbons (Fsp3) is 0.667. The molecule has 2 amide bonds. The van der Waals surface area contributed by atoms with Gasteiger partial charge in [0.2, 0.25) is 5.91 Å². The van der Waals surface area contributed by atoms with Gasteiger partial charge in [0.1, 0.15) is 5.75 Å². The molecule has 1 saturated heterocycles. The quantitative estimate of drug-likeness (QED) is 0.364. The van der Waals surface area contributed by atoms with E-state index in [1.165, 1.54) is 26.4 Å². The zero-order valence-electron chi connectivity index (χ0n) is 19.1. The van der Waals surface area contributed by atoms with Crippen molar-refractivity contribution in [1.82, 2.24) is 15.5 Å². The predicted molar refractivity (Wildman–Crippen MR) is 128 cm³/mol. The van der Waals surface area contributed by atoms with Crippen LogP contribution in [0.5, 0.6) is 5.75 Å². The Labute approximate surface area is 196 Å². The van der Waals surface area contributed by atoms with Crippen molar-refractivity contribution in [2.75, 3.05) is 45.6 Å². The van der Waals surface area contributed by atoms with Gasteiger partial charge in [0.05, 0.1) is 23.4 Å². The molecule has 2 aliphatic rings. The molecule has 1 aliphatic carbocycles. The van der Waals surface area contributed by atoms with E-state index in [0.29, 0.717) is 34.5 Å². The summed E-state index contributed by atoms with van der Waals surface area (Å²) >= 11 is 6.07. The SMILES string of the molecule is COc1cc(N)c(Cl)cc1C(=O)NCC1CCN(CCCCNC(=O)C2CCCCC2)C1. The van der Waals surface area contributed by atoms with E-state index < -0.39 is 0 Å². The summed E-state index contributed by atoms with van der Waals surface area (Å²) in [6, 6.07) is 3.13. The van der Waals surface area contributed by atoms with E-state index in [2.05, 4.69) is 15.5 Å². The Bertz CT molecular complexity index is 783. The van der Waals surface area contributed by atoms with Crippen LogP contribution in [0.4, 0.5) is 5.69 Å². The molecular formula is C24H37ClN4O3. The molecule has 1 aromatic rings. The van der Waals surface area contributed by atoms with Crippen LogP contribution in [-0.4, -0.2) is 56.5 Å². The van der Waals surface area contributed by atoms with Crippen LogP contribution in [0.1, 0.15) is 61.7 Å². The van der Waals surface area contributed by atoms with E-state index in [1.54, 1.807) is 12.1 Å². The van der Waals surface area contributed by atoms with E-state index in [-0.39, 0.29) is 17.7 Å². The molecule has 4 N–H and O–H groups in total. The lowest BCUT2D eigenvalue weighted by molar-refractivity contribution is -0.125. The summed E-state index contributed by atoms with van der Waals surface area (Å²) in [4.78, 5) is 27.2. The number of nitrogens with zero attached hydrogens (tertiary/aromatic N) is 1. The minimum Gasteiger partial charge on any atom is -0.496 e. The first-order valence-electron chi connectivity index (χ1n) is 11.9. The Balaban J connectivity index is 1.31. The first kappa shape index (κ1) is 24.6. The zero-order valence-corrected chi connectivity index (χ0v) is 19.9. The third-order valence-corrected chi connectivity index (χ3v) is 6.99. The van der Waals surface area contributed by atoms with E-state index in [0.717, 1.165) is 58.3 Å². The van der Waals surface area contributed by atoms with Crippen LogP contribution in [0.2, 0.25) is 5.02 Å². The van der Waals surface area contributed by atoms with Gasteiger partial charge in [0, 0.05) is 31.6 Å². The number of unbranched alkanes of at least 4 members (excludes halogenated alkanes) is 1. The molecule has 3 rings (SSSR count). The summed E-state index contributed by atoms with van der Waals surface area (Å²) in [5.41, 5.74) is 6.58. The molecule has 0 spiro atoms. The second-order valence-electron chi connectivity index (χ2n) is 9.07. The normalized spacial score (nSPS) is 19.6. The van der Waals surface area contributed by atoms with Gasteiger partial charge in [-0.1, -0.05) is 30.9 Å². The number of nitrogens with one attached hydrogen (secondary N) is 2. The van der Waals surface area contributed by atoms with Crippen molar-refractivity contribution in [2.45, 2.75) is 51.4 Å². The number of ether oxygens (including phenoxy) is 1. The van der Waals surface area contributed by atoms with Crippen LogP contribution in [0.25, 0.3) is 0 Å². The van der Waals surface area contributed by atoms with Crippen molar-refractivity contribution in [3.05, 3.63) is 22.7 Å². The third-order valence-electron chi connectivity index (χ3n) is 6.66. The summed E-state index contributed by atoms with van der Waals surface area (Å²) in [7, 11) is 1.51. The van der Waals surface area contributed by atoms with Gasteiger partial charge in [-0.3, -0.25) is 9.59 Å². The largest absolute Gasteiger partial charge is 0.496 e. The molecule has 0 bridgehead atoms. The molecule has 0 aromatic heterocycles. The number of amides is 2. The van der Waals surface area contributed by atoms with Gasteiger partial charge in [0.15, 0.2) is 0 Å². The van der Waals surface area contributed by atoms with Gasteiger partial charge in [-0.15, -0.1) is 0 Å². The molecule has 1 aromatic carbocycles. The number of carbonyl (C=O) groups excluding carboxylic acids is 2. The molecule has 1 saturated carbocycles. The molecular weight excluding hydrogens is 428 g/mol. The minimum absolute atomic E-state index is 0.198. The van der Waals surface area contributed by atoms with Crippen LogP contribution < -0.4 is 21.1 Å². The summed E-state index contributed by atoms with van der Waals surface area (Å²) in [6.45, 7) is 4.46. The Morgan fingerprint density at radius 3 is 2.69 bits per heavy atom. The Morgan fingerprint density at radius 1 is 1.16 bits per heavy atom. The molecule has 1 heterocycles. The zero-order chi connectivity index (χ0) is 22.9. The molecule has 1 unspecified atom stereocenters. The summed E-state index contributed by atoms with van der Waals surface area (Å²) in [5, 5.41) is 6.47. The fourth-order valence-electron chi connectivity index (χ4n) is 4.71. The van der Waals surface area contributed by atoms with Gasteiger partial charge in [0.25, 0.3) is 5.91 Å². The number of anilines is 1. The number of methoxy groups -OCH3 is 1. The second kappa shape index (κ2) is 12.3. The molecule has 2 fully saturated rings. The highest BCUT2D eigenvalue weighted by molar-refractivity contribution is 6.33. The van der Waals surface area contributed by atoms with Crippen molar-refractivity contribution in [1.29, 1.82) is 0 Å². The second-order valence-corrected chi connectivity index (χ2v) is 9.48. The van der Waals surface area contributed by atoms with E-state index in [4.69, 9.17) is 22.1 Å². The van der Waals surface area contributed by atoms with E-state index >= 15 is 0 Å². The smallest absolute Gasteiger partial charge is 0.255 e. The van der Waals surface area contributed by atoms with Gasteiger partial charge in [-0.25, -0.2) is 0 Å². The average Bonchev–Trinajstić information content (AvgIpc) is 3.26.